The van der Waals surface area contributed by atoms with Crippen molar-refractivity contribution in [2.75, 3.05) is 33.1 Å². The second-order valence-corrected chi connectivity index (χ2v) is 10.7. The molecule has 4 rings (SSSR count). The summed E-state index contributed by atoms with van der Waals surface area (Å²) in [5, 5.41) is 22.0. The number of H-pyrrole nitrogens is 1. The maximum absolute atomic E-state index is 13.3. The Morgan fingerprint density at radius 1 is 1.12 bits per heavy atom. The second kappa shape index (κ2) is 14.4. The minimum absolute atomic E-state index is 0.0120. The van der Waals surface area contributed by atoms with Gasteiger partial charge in [0.1, 0.15) is 5.75 Å². The van der Waals surface area contributed by atoms with E-state index >= 15 is 0 Å². The van der Waals surface area contributed by atoms with Crippen LogP contribution in [0.4, 0.5) is 5.69 Å². The second-order valence-electron chi connectivity index (χ2n) is 9.14. The minimum Gasteiger partial charge on any atom is -0.497 e. The van der Waals surface area contributed by atoms with E-state index in [1.54, 1.807) is 31.4 Å². The molecule has 0 radical (unpaired) electrons. The van der Waals surface area contributed by atoms with Crippen LogP contribution in [0.25, 0.3) is 0 Å². The highest BCUT2D eigenvalue weighted by atomic mass is 35.5. The first-order valence-electron chi connectivity index (χ1n) is 12.6. The molecule has 0 fully saturated rings. The normalized spacial score (nSPS) is 11.9. The summed E-state index contributed by atoms with van der Waals surface area (Å²) in [4.78, 5) is 28.4. The molecule has 0 aliphatic rings. The number of rotatable bonds is 12. The van der Waals surface area contributed by atoms with Crippen LogP contribution in [0, 0.1) is 0 Å². The van der Waals surface area contributed by atoms with Crippen LogP contribution in [0.15, 0.2) is 77.0 Å². The molecule has 0 saturated carbocycles. The number of nitrogens with zero attached hydrogens (tertiary/aromatic N) is 5. The largest absolute Gasteiger partial charge is 0.497 e. The quantitative estimate of drug-likeness (QED) is 0.123. The van der Waals surface area contributed by atoms with Gasteiger partial charge in [-0.15, -0.1) is 10.2 Å². The van der Waals surface area contributed by atoms with E-state index in [9.17, 15) is 9.59 Å². The number of anilines is 1. The Hall–Kier alpha value is -4.26. The van der Waals surface area contributed by atoms with Crippen molar-refractivity contribution >= 4 is 47.1 Å². The molecule has 3 aromatic carbocycles. The van der Waals surface area contributed by atoms with E-state index in [2.05, 4.69) is 41.4 Å². The Bertz CT molecular complexity index is 1510. The highest BCUT2D eigenvalue weighted by molar-refractivity contribution is 7.99. The highest BCUT2D eigenvalue weighted by Crippen LogP contribution is 2.36. The van der Waals surface area contributed by atoms with Gasteiger partial charge >= 0.3 is 0 Å². The molecule has 1 unspecified atom stereocenters. The number of aromatic amines is 1. The van der Waals surface area contributed by atoms with Crippen LogP contribution < -0.4 is 15.5 Å². The number of thioether (sulfide) groups is 1. The lowest BCUT2D eigenvalue weighted by Crippen LogP contribution is -2.21. The van der Waals surface area contributed by atoms with Crippen molar-refractivity contribution < 1.29 is 14.3 Å². The molecular formula is C28H29ClN8O3S. The Morgan fingerprint density at radius 3 is 2.71 bits per heavy atom. The zero-order valence-corrected chi connectivity index (χ0v) is 24.2. The summed E-state index contributed by atoms with van der Waals surface area (Å²) in [6.07, 6.45) is 2.29. The molecule has 4 aromatic rings. The Kier molecular flexibility index (Phi) is 10.4. The van der Waals surface area contributed by atoms with E-state index < -0.39 is 5.91 Å². The number of nitrogens with one attached hydrogen (secondary N) is 3. The molecule has 0 aliphatic carbocycles. The molecule has 1 heterocycles. The molecule has 212 valence electrons. The third-order valence-corrected chi connectivity index (χ3v) is 7.29. The van der Waals surface area contributed by atoms with Crippen molar-refractivity contribution in [1.29, 1.82) is 0 Å². The molecule has 2 amide bonds. The van der Waals surface area contributed by atoms with Crippen molar-refractivity contribution in [2.45, 2.75) is 16.8 Å². The van der Waals surface area contributed by atoms with Crippen LogP contribution in [0.5, 0.6) is 5.75 Å². The SMILES string of the molecule is COc1cccc(C=NNC(=O)c2cc(Cl)ccc2NC(=O)c2cccc(C(CCN(C)C)Sc3nn[nH]n3)c2)c1. The number of halogens is 1. The Morgan fingerprint density at radius 2 is 1.95 bits per heavy atom. The zero-order chi connectivity index (χ0) is 29.2. The van der Waals surface area contributed by atoms with Crippen molar-refractivity contribution in [1.82, 2.24) is 30.9 Å². The lowest BCUT2D eigenvalue weighted by molar-refractivity contribution is 0.0956. The van der Waals surface area contributed by atoms with Crippen LogP contribution in [0.3, 0.4) is 0 Å². The number of hydrazone groups is 1. The van der Waals surface area contributed by atoms with Gasteiger partial charge in [0, 0.05) is 15.8 Å². The van der Waals surface area contributed by atoms with Crippen LogP contribution >= 0.6 is 23.4 Å². The molecule has 0 bridgehead atoms. The molecule has 1 aromatic heterocycles. The van der Waals surface area contributed by atoms with Gasteiger partial charge in [-0.25, -0.2) is 5.43 Å². The van der Waals surface area contributed by atoms with Gasteiger partial charge in [-0.1, -0.05) is 47.6 Å². The Balaban J connectivity index is 1.50. The van der Waals surface area contributed by atoms with E-state index in [-0.39, 0.29) is 16.7 Å². The van der Waals surface area contributed by atoms with Gasteiger partial charge in [-0.3, -0.25) is 9.59 Å². The summed E-state index contributed by atoms with van der Waals surface area (Å²) in [6.45, 7) is 0.829. The van der Waals surface area contributed by atoms with Gasteiger partial charge in [0.25, 0.3) is 11.8 Å². The number of methoxy groups -OCH3 is 1. The first-order chi connectivity index (χ1) is 19.8. The van der Waals surface area contributed by atoms with Gasteiger partial charge < -0.3 is 15.0 Å². The lowest BCUT2D eigenvalue weighted by Gasteiger charge is -2.18. The van der Waals surface area contributed by atoms with E-state index in [0.717, 1.165) is 24.1 Å². The maximum atomic E-state index is 13.3. The van der Waals surface area contributed by atoms with Crippen molar-refractivity contribution in [3.8, 4) is 5.75 Å². The van der Waals surface area contributed by atoms with Gasteiger partial charge in [-0.2, -0.15) is 10.3 Å². The predicted octanol–water partition coefficient (Wildman–Crippen LogP) is 4.66. The molecule has 0 spiro atoms. The predicted molar refractivity (Wildman–Crippen MR) is 160 cm³/mol. The van der Waals surface area contributed by atoms with Crippen molar-refractivity contribution in [2.24, 2.45) is 5.10 Å². The number of carbonyl (C=O) groups is 2. The third kappa shape index (κ3) is 8.61. The lowest BCUT2D eigenvalue weighted by atomic mass is 10.0. The average Bonchev–Trinajstić information content (AvgIpc) is 3.49. The van der Waals surface area contributed by atoms with E-state index in [4.69, 9.17) is 16.3 Å². The van der Waals surface area contributed by atoms with Crippen LogP contribution in [0.1, 0.15) is 43.5 Å². The monoisotopic (exact) mass is 592 g/mol. The fourth-order valence-electron chi connectivity index (χ4n) is 3.83. The molecule has 11 nitrogen and oxygen atoms in total. The van der Waals surface area contributed by atoms with E-state index in [0.29, 0.717) is 27.2 Å². The zero-order valence-electron chi connectivity index (χ0n) is 22.7. The molecule has 0 aliphatic heterocycles. The summed E-state index contributed by atoms with van der Waals surface area (Å²) in [5.74, 6) is -0.239. The summed E-state index contributed by atoms with van der Waals surface area (Å²) in [7, 11) is 5.58. The fourth-order valence-corrected chi connectivity index (χ4v) is 4.95. The van der Waals surface area contributed by atoms with Gasteiger partial charge in [-0.05, 0) is 85.9 Å². The summed E-state index contributed by atoms with van der Waals surface area (Å²) >= 11 is 7.64. The van der Waals surface area contributed by atoms with Crippen molar-refractivity contribution in [3.05, 3.63) is 94.0 Å². The fraction of sp³-hybridized carbons (Fsp3) is 0.214. The van der Waals surface area contributed by atoms with Gasteiger partial charge in [0.2, 0.25) is 5.16 Å². The van der Waals surface area contributed by atoms with Crippen LogP contribution in [-0.4, -0.2) is 71.3 Å². The molecule has 0 saturated heterocycles. The summed E-state index contributed by atoms with van der Waals surface area (Å²) in [5.41, 5.74) is 5.07. The number of benzene rings is 3. The van der Waals surface area contributed by atoms with Crippen LogP contribution in [0.2, 0.25) is 5.02 Å². The average molecular weight is 593 g/mol. The molecular weight excluding hydrogens is 564 g/mol. The molecule has 13 heteroatoms. The number of aromatic nitrogens is 4. The number of hydrogen-bond donors (Lipinski definition) is 3. The van der Waals surface area contributed by atoms with E-state index in [1.807, 2.05) is 50.5 Å². The molecule has 1 atom stereocenters. The number of tetrazole rings is 1. The minimum atomic E-state index is -0.532. The van der Waals surface area contributed by atoms with Gasteiger partial charge in [0.05, 0.1) is 24.6 Å². The Labute approximate surface area is 246 Å². The maximum Gasteiger partial charge on any atom is 0.273 e. The first-order valence-corrected chi connectivity index (χ1v) is 13.8. The standard InChI is InChI=1S/C28H29ClN8O3S/c1-37(2)13-12-25(41-28-33-35-36-34-28)19-7-5-8-20(15-19)26(38)31-24-11-10-21(29)16-23(24)27(39)32-30-17-18-6-4-9-22(14-18)40-3/h4-11,14-17,25H,12-13H2,1-3H3,(H,31,38)(H,32,39)(H,33,34,35,36). The van der Waals surface area contributed by atoms with Crippen LogP contribution in [-0.2, 0) is 0 Å². The smallest absolute Gasteiger partial charge is 0.273 e. The summed E-state index contributed by atoms with van der Waals surface area (Å²) < 4.78 is 5.20. The topological polar surface area (TPSA) is 137 Å². The van der Waals surface area contributed by atoms with Crippen molar-refractivity contribution in [3.63, 3.8) is 0 Å². The summed E-state index contributed by atoms with van der Waals surface area (Å²) in [6, 6.07) is 19.2. The third-order valence-electron chi connectivity index (χ3n) is 5.88. The van der Waals surface area contributed by atoms with E-state index in [1.165, 1.54) is 24.0 Å². The highest BCUT2D eigenvalue weighted by Gasteiger charge is 2.19. The number of ether oxygens (including phenoxy) is 1. The van der Waals surface area contributed by atoms with Gasteiger partial charge in [0.15, 0.2) is 0 Å². The molecule has 41 heavy (non-hydrogen) atoms. The number of carbonyl (C=O) groups excluding carboxylic acids is 2. The molecule has 3 N–H and O–H groups in total. The number of amides is 2. The first kappa shape index (κ1) is 29.7. The number of hydrogen-bond acceptors (Lipinski definition) is 9.